The second kappa shape index (κ2) is 8.79. The molecule has 6 nitrogen and oxygen atoms in total. The van der Waals surface area contributed by atoms with Crippen LogP contribution >= 0.6 is 23.2 Å². The Bertz CT molecular complexity index is 1080. The summed E-state index contributed by atoms with van der Waals surface area (Å²) in [7, 11) is 0. The number of carbonyl (C=O) groups is 1. The third kappa shape index (κ3) is 4.19. The lowest BCUT2D eigenvalue weighted by Gasteiger charge is -2.62. The smallest absolute Gasteiger partial charge is 0.288 e. The van der Waals surface area contributed by atoms with Gasteiger partial charge in [-0.25, -0.2) is 4.68 Å². The van der Waals surface area contributed by atoms with Crippen LogP contribution in [-0.4, -0.2) is 26.6 Å². The standard InChI is InChI=1S/C24H30Cl2N4O2/c1-13(17-5-6-27-10-19(17)25)7-16(31)12-30-23(32)22(26)21(11-28-30)29-20-9-15-8-18(14(20)2)24(15,3)4/h5-6,10-11,13-15,18,20,29H,7-9,12H2,1-4H3/t13?,14-,15+,18-,20-/m1/s1. The van der Waals surface area contributed by atoms with Crippen LogP contribution in [0.4, 0.5) is 5.69 Å². The Morgan fingerprint density at radius 3 is 2.72 bits per heavy atom. The van der Waals surface area contributed by atoms with E-state index in [0.29, 0.717) is 33.9 Å². The average Bonchev–Trinajstić information content (AvgIpc) is 2.74. The minimum Gasteiger partial charge on any atom is -0.379 e. The molecule has 3 fully saturated rings. The maximum atomic E-state index is 12.8. The number of ketones is 1. The fourth-order valence-corrected chi connectivity index (χ4v) is 6.19. The molecule has 2 aromatic rings. The Morgan fingerprint density at radius 1 is 1.31 bits per heavy atom. The molecule has 0 aromatic carbocycles. The van der Waals surface area contributed by atoms with Crippen molar-refractivity contribution in [3.8, 4) is 0 Å². The van der Waals surface area contributed by atoms with Gasteiger partial charge in [0.25, 0.3) is 5.56 Å². The van der Waals surface area contributed by atoms with Gasteiger partial charge in [-0.15, -0.1) is 0 Å². The van der Waals surface area contributed by atoms with E-state index < -0.39 is 5.56 Å². The monoisotopic (exact) mass is 476 g/mol. The number of hydrogen-bond donors (Lipinski definition) is 1. The summed E-state index contributed by atoms with van der Waals surface area (Å²) in [6.45, 7) is 8.79. The first-order chi connectivity index (χ1) is 15.1. The van der Waals surface area contributed by atoms with Crippen LogP contribution in [0.2, 0.25) is 10.0 Å². The largest absolute Gasteiger partial charge is 0.379 e. The Balaban J connectivity index is 1.41. The first-order valence-electron chi connectivity index (χ1n) is 11.2. The SMILES string of the molecule is CC(CC(=O)Cn1ncc(N[C@@H]2C[C@@H]3C[C@H]([C@H]2C)C3(C)C)c(Cl)c1=O)c1ccncc1Cl. The number of carbonyl (C=O) groups excluding carboxylic acids is 1. The van der Waals surface area contributed by atoms with Crippen LogP contribution in [0.3, 0.4) is 0 Å². The van der Waals surface area contributed by atoms with Crippen molar-refractivity contribution >= 4 is 34.7 Å². The number of pyridine rings is 1. The van der Waals surface area contributed by atoms with Crippen LogP contribution in [0.25, 0.3) is 0 Å². The quantitative estimate of drug-likeness (QED) is 0.594. The molecule has 5 atom stereocenters. The van der Waals surface area contributed by atoms with E-state index in [-0.39, 0.29) is 35.7 Å². The van der Waals surface area contributed by atoms with E-state index in [1.807, 2.05) is 6.92 Å². The zero-order valence-electron chi connectivity index (χ0n) is 18.9. The highest BCUT2D eigenvalue weighted by Gasteiger charge is 2.56. The molecule has 1 N–H and O–H groups in total. The molecule has 5 rings (SSSR count). The van der Waals surface area contributed by atoms with Crippen molar-refractivity contribution in [2.45, 2.75) is 65.5 Å². The third-order valence-electron chi connectivity index (χ3n) is 7.87. The Morgan fingerprint density at radius 2 is 2.06 bits per heavy atom. The maximum absolute atomic E-state index is 12.8. The summed E-state index contributed by atoms with van der Waals surface area (Å²) in [4.78, 5) is 29.4. The molecule has 3 saturated carbocycles. The van der Waals surface area contributed by atoms with E-state index in [9.17, 15) is 9.59 Å². The summed E-state index contributed by atoms with van der Waals surface area (Å²) in [6.07, 6.45) is 7.37. The molecule has 2 heterocycles. The van der Waals surface area contributed by atoms with Crippen LogP contribution in [0.15, 0.2) is 29.5 Å². The number of nitrogens with zero attached hydrogens (tertiary/aromatic N) is 3. The van der Waals surface area contributed by atoms with Gasteiger partial charge in [-0.3, -0.25) is 14.6 Å². The van der Waals surface area contributed by atoms with Gasteiger partial charge in [0.15, 0.2) is 5.78 Å². The molecule has 2 bridgehead atoms. The van der Waals surface area contributed by atoms with Gasteiger partial charge in [0.1, 0.15) is 11.6 Å². The summed E-state index contributed by atoms with van der Waals surface area (Å²) >= 11 is 12.6. The van der Waals surface area contributed by atoms with Gasteiger partial charge in [-0.1, -0.05) is 50.9 Å². The molecule has 3 aliphatic rings. The summed E-state index contributed by atoms with van der Waals surface area (Å²) in [5.74, 6) is 1.67. The predicted octanol–water partition coefficient (Wildman–Crippen LogP) is 5.19. The molecule has 3 aliphatic carbocycles. The topological polar surface area (TPSA) is 76.9 Å². The Labute approximate surface area is 198 Å². The fourth-order valence-electron chi connectivity index (χ4n) is 5.69. The normalized spacial score (nSPS) is 26.8. The second-order valence-electron chi connectivity index (χ2n) is 10.1. The van der Waals surface area contributed by atoms with Crippen molar-refractivity contribution < 1.29 is 4.79 Å². The summed E-state index contributed by atoms with van der Waals surface area (Å²) in [5, 5.41) is 8.31. The predicted molar refractivity (Wildman–Crippen MR) is 127 cm³/mol. The molecular weight excluding hydrogens is 447 g/mol. The minimum absolute atomic E-state index is 0.0868. The van der Waals surface area contributed by atoms with Gasteiger partial charge >= 0.3 is 0 Å². The van der Waals surface area contributed by atoms with E-state index in [4.69, 9.17) is 23.2 Å². The number of nitrogens with one attached hydrogen (secondary N) is 1. The molecule has 172 valence electrons. The average molecular weight is 477 g/mol. The van der Waals surface area contributed by atoms with Crippen LogP contribution < -0.4 is 10.9 Å². The zero-order chi connectivity index (χ0) is 23.2. The first-order valence-corrected chi connectivity index (χ1v) is 12.0. The number of hydrogen-bond acceptors (Lipinski definition) is 5. The van der Waals surface area contributed by atoms with Gasteiger partial charge in [-0.2, -0.15) is 5.10 Å². The van der Waals surface area contributed by atoms with Crippen LogP contribution in [0, 0.1) is 23.2 Å². The number of Topliss-reactive ketones (excluding diaryl/α,β-unsaturated/α-hetero) is 1. The molecule has 0 amide bonds. The third-order valence-corrected chi connectivity index (χ3v) is 8.56. The van der Waals surface area contributed by atoms with E-state index in [2.05, 4.69) is 36.2 Å². The van der Waals surface area contributed by atoms with Crippen molar-refractivity contribution in [3.05, 3.63) is 50.6 Å². The number of aromatic nitrogens is 3. The highest BCUT2D eigenvalue weighted by atomic mass is 35.5. The lowest BCUT2D eigenvalue weighted by molar-refractivity contribution is -0.120. The van der Waals surface area contributed by atoms with Crippen LogP contribution in [0.5, 0.6) is 0 Å². The molecule has 8 heteroatoms. The van der Waals surface area contributed by atoms with E-state index >= 15 is 0 Å². The van der Waals surface area contributed by atoms with E-state index in [1.54, 1.807) is 24.7 Å². The van der Waals surface area contributed by atoms with Crippen molar-refractivity contribution in [1.82, 2.24) is 14.8 Å². The fraction of sp³-hybridized carbons (Fsp3) is 0.583. The molecule has 32 heavy (non-hydrogen) atoms. The highest BCUT2D eigenvalue weighted by molar-refractivity contribution is 6.33. The molecule has 2 aromatic heterocycles. The molecule has 0 aliphatic heterocycles. The molecule has 1 unspecified atom stereocenters. The summed E-state index contributed by atoms with van der Waals surface area (Å²) < 4.78 is 1.14. The van der Waals surface area contributed by atoms with Gasteiger partial charge in [0, 0.05) is 24.9 Å². The van der Waals surface area contributed by atoms with Gasteiger partial charge < -0.3 is 5.32 Å². The summed E-state index contributed by atoms with van der Waals surface area (Å²) in [6, 6.07) is 2.08. The summed E-state index contributed by atoms with van der Waals surface area (Å²) in [5.41, 5.74) is 1.35. The van der Waals surface area contributed by atoms with Crippen molar-refractivity contribution in [2.75, 3.05) is 5.32 Å². The number of fused-ring (bicyclic) bond motifs is 2. The number of rotatable bonds is 7. The zero-order valence-corrected chi connectivity index (χ0v) is 20.5. The molecule has 0 spiro atoms. The van der Waals surface area contributed by atoms with Crippen molar-refractivity contribution in [1.29, 1.82) is 0 Å². The van der Waals surface area contributed by atoms with E-state index in [0.717, 1.165) is 16.7 Å². The Hall–Kier alpha value is -1.92. The van der Waals surface area contributed by atoms with E-state index in [1.165, 1.54) is 6.42 Å². The Kier molecular flexibility index (Phi) is 6.38. The second-order valence-corrected chi connectivity index (χ2v) is 10.9. The number of halogens is 2. The number of anilines is 1. The van der Waals surface area contributed by atoms with Crippen LogP contribution in [-0.2, 0) is 11.3 Å². The van der Waals surface area contributed by atoms with Crippen molar-refractivity contribution in [3.63, 3.8) is 0 Å². The highest BCUT2D eigenvalue weighted by Crippen LogP contribution is 2.61. The maximum Gasteiger partial charge on any atom is 0.288 e. The van der Waals surface area contributed by atoms with Gasteiger partial charge in [0.2, 0.25) is 0 Å². The van der Waals surface area contributed by atoms with Crippen molar-refractivity contribution in [2.24, 2.45) is 23.2 Å². The molecular formula is C24H30Cl2N4O2. The first kappa shape index (κ1) is 23.2. The van der Waals surface area contributed by atoms with Crippen LogP contribution in [0.1, 0.15) is 58.4 Å². The van der Waals surface area contributed by atoms with Gasteiger partial charge in [-0.05, 0) is 53.6 Å². The molecule has 0 saturated heterocycles. The molecule has 0 radical (unpaired) electrons. The lowest BCUT2D eigenvalue weighted by Crippen LogP contribution is -2.58. The van der Waals surface area contributed by atoms with Gasteiger partial charge in [0.05, 0.1) is 16.9 Å². The lowest BCUT2D eigenvalue weighted by atomic mass is 9.45. The minimum atomic E-state index is -0.450.